The largest absolute Gasteiger partial charge is 0.586 e. The van der Waals surface area contributed by atoms with Gasteiger partial charge in [0.1, 0.15) is 0 Å². The zero-order valence-electron chi connectivity index (χ0n) is 9.95. The van der Waals surface area contributed by atoms with E-state index in [1.54, 1.807) is 12.1 Å². The minimum atomic E-state index is -3.55. The van der Waals surface area contributed by atoms with Crippen molar-refractivity contribution in [2.45, 2.75) is 19.3 Å². The first-order chi connectivity index (χ1) is 8.55. The molecule has 0 aromatic heterocycles. The molecule has 2 heterocycles. The van der Waals surface area contributed by atoms with Crippen molar-refractivity contribution < 1.29 is 18.3 Å². The number of benzene rings is 1. The molecule has 0 bridgehead atoms. The lowest BCUT2D eigenvalue weighted by atomic mass is 10.1. The fourth-order valence-electron chi connectivity index (χ4n) is 2.34. The SMILES string of the molecule is CC1CNCCN1c1ccc2c(c1)OC(F)(F)O2. The predicted molar refractivity (Wildman–Crippen MR) is 62.3 cm³/mol. The van der Waals surface area contributed by atoms with Gasteiger partial charge < -0.3 is 19.7 Å². The van der Waals surface area contributed by atoms with Gasteiger partial charge in [0.25, 0.3) is 0 Å². The van der Waals surface area contributed by atoms with Gasteiger partial charge in [-0.25, -0.2) is 0 Å². The molecule has 2 aliphatic rings. The molecule has 3 rings (SSSR count). The molecule has 1 aromatic carbocycles. The molecule has 0 radical (unpaired) electrons. The fraction of sp³-hybridized carbons (Fsp3) is 0.500. The number of piperazine rings is 1. The smallest absolute Gasteiger partial charge is 0.395 e. The first-order valence-electron chi connectivity index (χ1n) is 5.92. The molecule has 1 saturated heterocycles. The molecule has 1 unspecified atom stereocenters. The highest BCUT2D eigenvalue weighted by atomic mass is 19.3. The molecule has 4 nitrogen and oxygen atoms in total. The van der Waals surface area contributed by atoms with Gasteiger partial charge in [-0.2, -0.15) is 0 Å². The van der Waals surface area contributed by atoms with Crippen molar-refractivity contribution in [1.82, 2.24) is 5.32 Å². The Morgan fingerprint density at radius 2 is 2.11 bits per heavy atom. The summed E-state index contributed by atoms with van der Waals surface area (Å²) in [4.78, 5) is 2.16. The summed E-state index contributed by atoms with van der Waals surface area (Å²) in [5.41, 5.74) is 0.879. The summed E-state index contributed by atoms with van der Waals surface area (Å²) in [5.74, 6) is 0.190. The lowest BCUT2D eigenvalue weighted by Gasteiger charge is -2.35. The van der Waals surface area contributed by atoms with E-state index in [-0.39, 0.29) is 11.5 Å². The van der Waals surface area contributed by atoms with E-state index in [2.05, 4.69) is 26.6 Å². The zero-order chi connectivity index (χ0) is 12.8. The highest BCUT2D eigenvalue weighted by Crippen LogP contribution is 2.43. The van der Waals surface area contributed by atoms with Gasteiger partial charge in [-0.15, -0.1) is 8.78 Å². The van der Waals surface area contributed by atoms with Crippen molar-refractivity contribution in [1.29, 1.82) is 0 Å². The molecule has 1 N–H and O–H groups in total. The number of anilines is 1. The van der Waals surface area contributed by atoms with E-state index in [4.69, 9.17) is 0 Å². The summed E-state index contributed by atoms with van der Waals surface area (Å²) < 4.78 is 34.7. The maximum atomic E-state index is 12.9. The highest BCUT2D eigenvalue weighted by molar-refractivity contribution is 5.58. The van der Waals surface area contributed by atoms with E-state index in [9.17, 15) is 8.78 Å². The molecule has 2 aliphatic heterocycles. The number of alkyl halides is 2. The van der Waals surface area contributed by atoms with Crippen molar-refractivity contribution in [2.75, 3.05) is 24.5 Å². The summed E-state index contributed by atoms with van der Waals surface area (Å²) in [5, 5.41) is 3.28. The lowest BCUT2D eigenvalue weighted by Crippen LogP contribution is -2.49. The van der Waals surface area contributed by atoms with Crippen LogP contribution in [0.1, 0.15) is 6.92 Å². The summed E-state index contributed by atoms with van der Waals surface area (Å²) in [6.07, 6.45) is -3.55. The molecule has 6 heteroatoms. The van der Waals surface area contributed by atoms with E-state index in [0.717, 1.165) is 25.3 Å². The van der Waals surface area contributed by atoms with Crippen LogP contribution in [0.2, 0.25) is 0 Å². The third-order valence-electron chi connectivity index (χ3n) is 3.22. The van der Waals surface area contributed by atoms with E-state index < -0.39 is 6.29 Å². The van der Waals surface area contributed by atoms with Gasteiger partial charge in [0.05, 0.1) is 0 Å². The summed E-state index contributed by atoms with van der Waals surface area (Å²) in [7, 11) is 0. The van der Waals surface area contributed by atoms with Crippen LogP contribution in [0.15, 0.2) is 18.2 Å². The van der Waals surface area contributed by atoms with Crippen LogP contribution in [0.3, 0.4) is 0 Å². The van der Waals surface area contributed by atoms with Gasteiger partial charge in [-0.1, -0.05) is 0 Å². The first kappa shape index (κ1) is 11.5. The normalized spacial score (nSPS) is 25.3. The molecular formula is C12H14F2N2O2. The third kappa shape index (κ3) is 1.96. The van der Waals surface area contributed by atoms with Crippen molar-refractivity contribution >= 4 is 5.69 Å². The van der Waals surface area contributed by atoms with Crippen molar-refractivity contribution in [3.05, 3.63) is 18.2 Å². The monoisotopic (exact) mass is 256 g/mol. The second kappa shape index (κ2) is 3.98. The number of ether oxygens (including phenoxy) is 2. The second-order valence-corrected chi connectivity index (χ2v) is 4.55. The van der Waals surface area contributed by atoms with Gasteiger partial charge in [-0.05, 0) is 19.1 Å². The van der Waals surface area contributed by atoms with E-state index >= 15 is 0 Å². The topological polar surface area (TPSA) is 33.7 Å². The van der Waals surface area contributed by atoms with E-state index in [0.29, 0.717) is 6.04 Å². The van der Waals surface area contributed by atoms with Crippen LogP contribution < -0.4 is 19.7 Å². The molecule has 1 aromatic rings. The van der Waals surface area contributed by atoms with Crippen LogP contribution in [-0.2, 0) is 0 Å². The number of hydrogen-bond donors (Lipinski definition) is 1. The van der Waals surface area contributed by atoms with Crippen LogP contribution in [0.5, 0.6) is 11.5 Å². The quantitative estimate of drug-likeness (QED) is 0.831. The molecule has 1 fully saturated rings. The van der Waals surface area contributed by atoms with Crippen LogP contribution in [0, 0.1) is 0 Å². The number of fused-ring (bicyclic) bond motifs is 1. The Hall–Kier alpha value is -1.56. The Labute approximate surface area is 103 Å². The van der Waals surface area contributed by atoms with Crippen LogP contribution in [0.4, 0.5) is 14.5 Å². The van der Waals surface area contributed by atoms with E-state index in [1.165, 1.54) is 6.07 Å². The summed E-state index contributed by atoms with van der Waals surface area (Å²) in [6.45, 7) is 4.70. The number of hydrogen-bond acceptors (Lipinski definition) is 4. The number of rotatable bonds is 1. The maximum absolute atomic E-state index is 12.9. The Morgan fingerprint density at radius 1 is 1.33 bits per heavy atom. The van der Waals surface area contributed by atoms with Crippen molar-refractivity contribution in [3.63, 3.8) is 0 Å². The summed E-state index contributed by atoms with van der Waals surface area (Å²) >= 11 is 0. The Balaban J connectivity index is 1.87. The van der Waals surface area contributed by atoms with E-state index in [1.807, 2.05) is 0 Å². The average Bonchev–Trinajstić information content (AvgIpc) is 2.62. The molecule has 0 amide bonds. The lowest BCUT2D eigenvalue weighted by molar-refractivity contribution is -0.286. The summed E-state index contributed by atoms with van der Waals surface area (Å²) in [6, 6.07) is 5.24. The van der Waals surface area contributed by atoms with Crippen molar-refractivity contribution in [2.24, 2.45) is 0 Å². The molecule has 18 heavy (non-hydrogen) atoms. The number of nitrogens with one attached hydrogen (secondary N) is 1. The maximum Gasteiger partial charge on any atom is 0.586 e. The zero-order valence-corrected chi connectivity index (χ0v) is 9.95. The Kier molecular flexibility index (Phi) is 2.55. The molecule has 0 aliphatic carbocycles. The average molecular weight is 256 g/mol. The Bertz CT molecular complexity index is 467. The minimum absolute atomic E-state index is 0.0894. The molecule has 0 saturated carbocycles. The molecule has 98 valence electrons. The first-order valence-corrected chi connectivity index (χ1v) is 5.92. The number of nitrogens with zero attached hydrogens (tertiary/aromatic N) is 1. The number of halogens is 2. The predicted octanol–water partition coefficient (Wildman–Crippen LogP) is 1.81. The fourth-order valence-corrected chi connectivity index (χ4v) is 2.34. The van der Waals surface area contributed by atoms with Gasteiger partial charge in [-0.3, -0.25) is 0 Å². The second-order valence-electron chi connectivity index (χ2n) is 4.55. The molecule has 1 atom stereocenters. The van der Waals surface area contributed by atoms with Gasteiger partial charge >= 0.3 is 6.29 Å². The molecular weight excluding hydrogens is 242 g/mol. The minimum Gasteiger partial charge on any atom is -0.395 e. The van der Waals surface area contributed by atoms with Crippen LogP contribution in [0.25, 0.3) is 0 Å². The van der Waals surface area contributed by atoms with Gasteiger partial charge in [0.15, 0.2) is 11.5 Å². The van der Waals surface area contributed by atoms with Gasteiger partial charge in [0, 0.05) is 37.4 Å². The third-order valence-corrected chi connectivity index (χ3v) is 3.22. The van der Waals surface area contributed by atoms with Gasteiger partial charge in [0.2, 0.25) is 0 Å². The van der Waals surface area contributed by atoms with Crippen LogP contribution >= 0.6 is 0 Å². The standard InChI is InChI=1S/C12H14F2N2O2/c1-8-7-15-4-5-16(8)9-2-3-10-11(6-9)18-12(13,14)17-10/h2-3,6,8,15H,4-5,7H2,1H3. The molecule has 0 spiro atoms. The Morgan fingerprint density at radius 3 is 2.89 bits per heavy atom. The van der Waals surface area contributed by atoms with Crippen LogP contribution in [-0.4, -0.2) is 32.0 Å². The highest BCUT2D eigenvalue weighted by Gasteiger charge is 2.43. The van der Waals surface area contributed by atoms with Crippen molar-refractivity contribution in [3.8, 4) is 11.5 Å².